The molecule has 1 aliphatic rings. The van der Waals surface area contributed by atoms with Crippen molar-refractivity contribution in [2.24, 2.45) is 0 Å². The number of tetrazole rings is 1. The maximum atomic E-state index is 13.3. The molecule has 0 spiro atoms. The number of nitrogens with one attached hydrogen (secondary N) is 1. The fourth-order valence-corrected chi connectivity index (χ4v) is 3.37. The Morgan fingerprint density at radius 3 is 2.79 bits per heavy atom. The van der Waals surface area contributed by atoms with Gasteiger partial charge in [-0.15, -0.1) is 5.10 Å². The molecule has 1 aliphatic carbocycles. The average Bonchev–Trinajstić information content (AvgIpc) is 3.30. The predicted molar refractivity (Wildman–Crippen MR) is 91.7 cm³/mol. The average molecular weight is 391 g/mol. The molecule has 2 aromatic heterocycles. The Morgan fingerprint density at radius 2 is 2.04 bits per heavy atom. The van der Waals surface area contributed by atoms with Gasteiger partial charge in [0, 0.05) is 16.9 Å². The van der Waals surface area contributed by atoms with E-state index >= 15 is 0 Å². The Bertz CT molecular complexity index is 995. The summed E-state index contributed by atoms with van der Waals surface area (Å²) in [6, 6.07) is 6.80. The third kappa shape index (κ3) is 3.59. The van der Waals surface area contributed by atoms with Crippen molar-refractivity contribution in [2.75, 3.05) is 5.32 Å². The van der Waals surface area contributed by atoms with Gasteiger partial charge < -0.3 is 5.32 Å². The molecule has 8 nitrogen and oxygen atoms in total. The molecule has 0 atom stereocenters. The third-order valence-corrected chi connectivity index (χ3v) is 4.56. The lowest BCUT2D eigenvalue weighted by atomic mass is 9.95. The highest BCUT2D eigenvalue weighted by Gasteiger charge is 2.39. The molecule has 3 aromatic rings. The van der Waals surface area contributed by atoms with Crippen molar-refractivity contribution < 1.29 is 18.0 Å². The second-order valence-corrected chi connectivity index (χ2v) is 6.49. The number of nitrogens with zero attached hydrogens (tertiary/aromatic N) is 6. The second-order valence-electron chi connectivity index (χ2n) is 6.49. The van der Waals surface area contributed by atoms with Crippen LogP contribution in [0.25, 0.3) is 5.69 Å². The van der Waals surface area contributed by atoms with Crippen molar-refractivity contribution >= 4 is 11.6 Å². The SMILES string of the molecule is O=C(Cn1nc(C(F)(F)F)c2c1CCCC2)Nc1cccc(-n2cnnn2)c1. The number of halogens is 3. The molecule has 28 heavy (non-hydrogen) atoms. The predicted octanol–water partition coefficient (Wildman–Crippen LogP) is 2.40. The fraction of sp³-hybridized carbons (Fsp3) is 0.353. The molecule has 0 saturated carbocycles. The number of aromatic nitrogens is 6. The zero-order valence-corrected chi connectivity index (χ0v) is 14.6. The molecule has 1 amide bonds. The van der Waals surface area contributed by atoms with Gasteiger partial charge in [0.1, 0.15) is 12.9 Å². The van der Waals surface area contributed by atoms with Crippen LogP contribution >= 0.6 is 0 Å². The summed E-state index contributed by atoms with van der Waals surface area (Å²) in [6.07, 6.45) is -0.817. The lowest BCUT2D eigenvalue weighted by Crippen LogP contribution is -2.22. The standard InChI is InChI=1S/C17H16F3N7O/c18-17(19,20)16-13-6-1-2-7-14(13)26(23-16)9-15(28)22-11-4-3-5-12(8-11)27-10-21-24-25-27/h3-5,8,10H,1-2,6-7,9H2,(H,22,28). The minimum atomic E-state index is -4.52. The van der Waals surface area contributed by atoms with Crippen molar-refractivity contribution in [2.45, 2.75) is 38.4 Å². The Hall–Kier alpha value is -3.24. The van der Waals surface area contributed by atoms with E-state index in [-0.39, 0.29) is 12.1 Å². The number of carbonyl (C=O) groups excluding carboxylic acids is 1. The van der Waals surface area contributed by atoms with Crippen LogP contribution in [0.3, 0.4) is 0 Å². The van der Waals surface area contributed by atoms with Crippen LogP contribution in [0.15, 0.2) is 30.6 Å². The lowest BCUT2D eigenvalue weighted by Gasteiger charge is -2.14. The topological polar surface area (TPSA) is 90.5 Å². The van der Waals surface area contributed by atoms with Crippen LogP contribution < -0.4 is 5.32 Å². The summed E-state index contributed by atoms with van der Waals surface area (Å²) < 4.78 is 42.4. The van der Waals surface area contributed by atoms with Gasteiger partial charge in [-0.25, -0.2) is 4.68 Å². The summed E-state index contributed by atoms with van der Waals surface area (Å²) in [5.74, 6) is -0.460. The van der Waals surface area contributed by atoms with E-state index in [0.717, 1.165) is 6.42 Å². The van der Waals surface area contributed by atoms with E-state index in [0.29, 0.717) is 36.3 Å². The van der Waals surface area contributed by atoms with E-state index in [4.69, 9.17) is 0 Å². The summed E-state index contributed by atoms with van der Waals surface area (Å²) in [7, 11) is 0. The van der Waals surface area contributed by atoms with E-state index in [2.05, 4.69) is 25.9 Å². The zero-order valence-electron chi connectivity index (χ0n) is 14.6. The van der Waals surface area contributed by atoms with Crippen LogP contribution in [0.1, 0.15) is 29.8 Å². The molecule has 2 heterocycles. The summed E-state index contributed by atoms with van der Waals surface area (Å²) >= 11 is 0. The minimum absolute atomic E-state index is 0.215. The van der Waals surface area contributed by atoms with Crippen molar-refractivity contribution in [1.82, 2.24) is 30.0 Å². The molecular weight excluding hydrogens is 375 g/mol. The van der Waals surface area contributed by atoms with Gasteiger partial charge in [-0.3, -0.25) is 9.48 Å². The summed E-state index contributed by atoms with van der Waals surface area (Å²) in [6.45, 7) is -0.284. The lowest BCUT2D eigenvalue weighted by molar-refractivity contribution is -0.142. The quantitative estimate of drug-likeness (QED) is 0.738. The second kappa shape index (κ2) is 7.06. The van der Waals surface area contributed by atoms with Crippen LogP contribution in [-0.4, -0.2) is 35.9 Å². The molecule has 146 valence electrons. The van der Waals surface area contributed by atoms with E-state index in [1.54, 1.807) is 24.3 Å². The molecule has 0 unspecified atom stereocenters. The maximum Gasteiger partial charge on any atom is 0.435 e. The van der Waals surface area contributed by atoms with Gasteiger partial charge in [-0.1, -0.05) is 6.07 Å². The van der Waals surface area contributed by atoms with Gasteiger partial charge in [-0.2, -0.15) is 18.3 Å². The van der Waals surface area contributed by atoms with Gasteiger partial charge in [0.15, 0.2) is 5.69 Å². The van der Waals surface area contributed by atoms with Crippen LogP contribution in [0.4, 0.5) is 18.9 Å². The molecule has 0 saturated heterocycles. The summed E-state index contributed by atoms with van der Waals surface area (Å²) in [4.78, 5) is 12.4. The van der Waals surface area contributed by atoms with Crippen LogP contribution in [0.5, 0.6) is 0 Å². The number of rotatable bonds is 4. The molecule has 0 fully saturated rings. The van der Waals surface area contributed by atoms with Crippen molar-refractivity contribution in [3.05, 3.63) is 47.5 Å². The largest absolute Gasteiger partial charge is 0.435 e. The first-order valence-electron chi connectivity index (χ1n) is 8.71. The highest BCUT2D eigenvalue weighted by molar-refractivity contribution is 5.90. The number of amides is 1. The minimum Gasteiger partial charge on any atom is -0.324 e. The molecule has 4 rings (SSSR count). The van der Waals surface area contributed by atoms with Gasteiger partial charge in [0.2, 0.25) is 5.91 Å². The van der Waals surface area contributed by atoms with E-state index < -0.39 is 17.8 Å². The number of hydrogen-bond acceptors (Lipinski definition) is 5. The fourth-order valence-electron chi connectivity index (χ4n) is 3.37. The number of anilines is 1. The van der Waals surface area contributed by atoms with Gasteiger partial charge in [-0.05, 0) is 54.3 Å². The van der Waals surface area contributed by atoms with Crippen molar-refractivity contribution in [3.8, 4) is 5.69 Å². The number of carbonyl (C=O) groups is 1. The van der Waals surface area contributed by atoms with Gasteiger partial charge in [0.25, 0.3) is 0 Å². The summed E-state index contributed by atoms with van der Waals surface area (Å²) in [5, 5.41) is 17.3. The summed E-state index contributed by atoms with van der Waals surface area (Å²) in [5.41, 5.74) is 0.952. The van der Waals surface area contributed by atoms with Crippen LogP contribution in [0, 0.1) is 0 Å². The van der Waals surface area contributed by atoms with E-state index in [9.17, 15) is 18.0 Å². The Morgan fingerprint density at radius 1 is 1.21 bits per heavy atom. The maximum absolute atomic E-state index is 13.3. The van der Waals surface area contributed by atoms with Crippen molar-refractivity contribution in [1.29, 1.82) is 0 Å². The highest BCUT2D eigenvalue weighted by Crippen LogP contribution is 2.35. The number of hydrogen-bond donors (Lipinski definition) is 1. The first kappa shape index (κ1) is 18.1. The Labute approximate surface area is 157 Å². The molecule has 1 aromatic carbocycles. The molecule has 0 radical (unpaired) electrons. The highest BCUT2D eigenvalue weighted by atomic mass is 19.4. The zero-order chi connectivity index (χ0) is 19.7. The van der Waals surface area contributed by atoms with Gasteiger partial charge >= 0.3 is 6.18 Å². The number of benzene rings is 1. The monoisotopic (exact) mass is 391 g/mol. The number of alkyl halides is 3. The molecule has 0 bridgehead atoms. The Kier molecular flexibility index (Phi) is 4.57. The Balaban J connectivity index is 1.53. The molecule has 11 heteroatoms. The van der Waals surface area contributed by atoms with E-state index in [1.165, 1.54) is 15.7 Å². The van der Waals surface area contributed by atoms with Crippen LogP contribution in [-0.2, 0) is 30.4 Å². The van der Waals surface area contributed by atoms with Crippen molar-refractivity contribution in [3.63, 3.8) is 0 Å². The number of fused-ring (bicyclic) bond motifs is 1. The molecule has 1 N–H and O–H groups in total. The smallest absolute Gasteiger partial charge is 0.324 e. The third-order valence-electron chi connectivity index (χ3n) is 4.56. The first-order chi connectivity index (χ1) is 13.4. The molecular formula is C17H16F3N7O. The first-order valence-corrected chi connectivity index (χ1v) is 8.71. The van der Waals surface area contributed by atoms with E-state index in [1.807, 2.05) is 0 Å². The van der Waals surface area contributed by atoms with Gasteiger partial charge in [0.05, 0.1) is 5.69 Å². The van der Waals surface area contributed by atoms with Crippen LogP contribution in [0.2, 0.25) is 0 Å². The normalized spacial score (nSPS) is 14.0. The molecule has 0 aliphatic heterocycles.